The Kier molecular flexibility index (Phi) is 5.84. The van der Waals surface area contributed by atoms with Crippen LogP contribution in [0.2, 0.25) is 5.15 Å². The highest BCUT2D eigenvalue weighted by atomic mass is 35.5. The number of anilines is 1. The van der Waals surface area contributed by atoms with Crippen LogP contribution in [0.15, 0.2) is 6.33 Å². The Hall–Kier alpha value is -2.99. The zero-order valence-corrected chi connectivity index (χ0v) is 16.5. The van der Waals surface area contributed by atoms with Gasteiger partial charge in [0.2, 0.25) is 5.95 Å². The molecule has 2 aromatic heterocycles. The van der Waals surface area contributed by atoms with Gasteiger partial charge in [-0.25, -0.2) is 4.98 Å². The van der Waals surface area contributed by atoms with Gasteiger partial charge >= 0.3 is 17.9 Å². The van der Waals surface area contributed by atoms with Crippen molar-refractivity contribution in [2.45, 2.75) is 45.3 Å². The molecule has 3 heterocycles. The summed E-state index contributed by atoms with van der Waals surface area (Å²) < 4.78 is 23.0. The summed E-state index contributed by atoms with van der Waals surface area (Å²) in [6.45, 7) is 3.39. The van der Waals surface area contributed by atoms with Crippen molar-refractivity contribution < 1.29 is 33.3 Å². The number of imidazole rings is 1. The summed E-state index contributed by atoms with van der Waals surface area (Å²) in [6.07, 6.45) is -2.70. The van der Waals surface area contributed by atoms with Crippen molar-refractivity contribution in [3.63, 3.8) is 0 Å². The van der Waals surface area contributed by atoms with Crippen LogP contribution in [0, 0.1) is 0 Å². The van der Waals surface area contributed by atoms with Gasteiger partial charge in [0.15, 0.2) is 29.2 Å². The Balaban J connectivity index is 2.04. The molecule has 4 atom stereocenters. The van der Waals surface area contributed by atoms with Crippen LogP contribution in [0.5, 0.6) is 0 Å². The lowest BCUT2D eigenvalue weighted by molar-refractivity contribution is -0.166. The number of halogens is 1. The molecule has 0 amide bonds. The number of ether oxygens (including phenoxy) is 4. The summed E-state index contributed by atoms with van der Waals surface area (Å²) >= 11 is 6.05. The summed E-state index contributed by atoms with van der Waals surface area (Å²) in [4.78, 5) is 46.6. The molecule has 3 rings (SSSR count). The third-order valence-electron chi connectivity index (χ3n) is 4.01. The monoisotopic (exact) mass is 427 g/mol. The van der Waals surface area contributed by atoms with Crippen molar-refractivity contribution in [3.05, 3.63) is 11.5 Å². The highest BCUT2D eigenvalue weighted by Gasteiger charge is 2.51. The molecule has 2 N–H and O–H groups in total. The first kappa shape index (κ1) is 20.7. The van der Waals surface area contributed by atoms with E-state index in [1.54, 1.807) is 0 Å². The van der Waals surface area contributed by atoms with Gasteiger partial charge < -0.3 is 24.7 Å². The first-order chi connectivity index (χ1) is 13.7. The van der Waals surface area contributed by atoms with E-state index in [0.717, 1.165) is 0 Å². The molecule has 12 nitrogen and oxygen atoms in total. The molecule has 1 saturated heterocycles. The minimum absolute atomic E-state index is 0.0290. The molecule has 0 aromatic carbocycles. The Morgan fingerprint density at radius 2 is 1.79 bits per heavy atom. The fourth-order valence-corrected chi connectivity index (χ4v) is 3.22. The number of carbonyl (C=O) groups excluding carboxylic acids is 3. The maximum atomic E-state index is 11.7. The quantitative estimate of drug-likeness (QED) is 0.399. The molecule has 1 aliphatic heterocycles. The van der Waals surface area contributed by atoms with E-state index in [4.69, 9.17) is 36.3 Å². The van der Waals surface area contributed by atoms with Crippen LogP contribution in [0.3, 0.4) is 0 Å². The van der Waals surface area contributed by atoms with Gasteiger partial charge in [-0.05, 0) is 0 Å². The molecular formula is C16H18ClN5O7. The molecule has 1 fully saturated rings. The van der Waals surface area contributed by atoms with Crippen LogP contribution in [0.25, 0.3) is 11.2 Å². The number of nitrogens with two attached hydrogens (primary N) is 1. The predicted octanol–water partition coefficient (Wildman–Crippen LogP) is 0.386. The summed E-state index contributed by atoms with van der Waals surface area (Å²) in [5, 5.41) is 0.0290. The lowest BCUT2D eigenvalue weighted by atomic mass is 10.1. The van der Waals surface area contributed by atoms with E-state index < -0.39 is 42.4 Å². The second-order valence-corrected chi connectivity index (χ2v) is 6.57. The Bertz CT molecular complexity index is 965. The number of carbonyl (C=O) groups is 3. The number of hydrogen-bond acceptors (Lipinski definition) is 11. The van der Waals surface area contributed by atoms with E-state index in [-0.39, 0.29) is 28.9 Å². The summed E-state index contributed by atoms with van der Waals surface area (Å²) in [7, 11) is 0. The predicted molar refractivity (Wildman–Crippen MR) is 96.4 cm³/mol. The highest BCUT2D eigenvalue weighted by molar-refractivity contribution is 6.33. The number of nitrogens with zero attached hydrogens (tertiary/aromatic N) is 4. The van der Waals surface area contributed by atoms with Crippen molar-refractivity contribution in [1.82, 2.24) is 19.5 Å². The second-order valence-electron chi connectivity index (χ2n) is 6.21. The number of esters is 3. The fraction of sp³-hybridized carbons (Fsp3) is 0.500. The molecule has 29 heavy (non-hydrogen) atoms. The van der Waals surface area contributed by atoms with E-state index in [9.17, 15) is 14.4 Å². The maximum Gasteiger partial charge on any atom is 0.303 e. The van der Waals surface area contributed by atoms with Crippen LogP contribution < -0.4 is 5.73 Å². The average molecular weight is 428 g/mol. The lowest BCUT2D eigenvalue weighted by Crippen LogP contribution is -2.40. The molecule has 0 aliphatic carbocycles. The van der Waals surface area contributed by atoms with Gasteiger partial charge in [0, 0.05) is 20.8 Å². The van der Waals surface area contributed by atoms with E-state index >= 15 is 0 Å². The van der Waals surface area contributed by atoms with Gasteiger partial charge in [0.1, 0.15) is 18.2 Å². The lowest BCUT2D eigenvalue weighted by Gasteiger charge is -2.23. The third kappa shape index (κ3) is 4.38. The molecule has 2 aromatic rings. The highest BCUT2D eigenvalue weighted by Crippen LogP contribution is 2.36. The van der Waals surface area contributed by atoms with E-state index in [0.29, 0.717) is 0 Å². The standard InChI is InChI=1S/C16H18ClN5O7/c1-6(23)26-4-9-11(27-7(2)24)12(28-8(3)25)15(29-9)22-5-19-10-13(17)20-16(18)21-14(10)22/h5,9,11-12,15H,4H2,1-3H3,(H2,18,20,21)/t9-,11-,12+,15-/m0/s1. The molecule has 0 spiro atoms. The second kappa shape index (κ2) is 8.17. The van der Waals surface area contributed by atoms with Crippen molar-refractivity contribution in [2.75, 3.05) is 12.3 Å². The van der Waals surface area contributed by atoms with Gasteiger partial charge in [-0.2, -0.15) is 9.97 Å². The van der Waals surface area contributed by atoms with Crippen LogP contribution in [0.4, 0.5) is 5.95 Å². The number of fused-ring (bicyclic) bond motifs is 1. The molecule has 0 saturated carbocycles. The normalized spacial score (nSPS) is 23.7. The fourth-order valence-electron chi connectivity index (χ4n) is 3.00. The minimum Gasteiger partial charge on any atom is -0.463 e. The topological polar surface area (TPSA) is 158 Å². The van der Waals surface area contributed by atoms with Crippen molar-refractivity contribution in [1.29, 1.82) is 0 Å². The van der Waals surface area contributed by atoms with Crippen molar-refractivity contribution in [2.24, 2.45) is 0 Å². The van der Waals surface area contributed by atoms with Crippen LogP contribution in [-0.2, 0) is 33.3 Å². The maximum absolute atomic E-state index is 11.7. The number of hydrogen-bond donors (Lipinski definition) is 1. The van der Waals surface area contributed by atoms with Gasteiger partial charge in [0.05, 0.1) is 6.33 Å². The van der Waals surface area contributed by atoms with Gasteiger partial charge in [0.25, 0.3) is 0 Å². The van der Waals surface area contributed by atoms with Gasteiger partial charge in [-0.1, -0.05) is 11.6 Å². The molecule has 0 unspecified atom stereocenters. The first-order valence-electron chi connectivity index (χ1n) is 8.46. The smallest absolute Gasteiger partial charge is 0.303 e. The molecule has 0 radical (unpaired) electrons. The Morgan fingerprint density at radius 1 is 1.14 bits per heavy atom. The van der Waals surface area contributed by atoms with Crippen LogP contribution >= 0.6 is 11.6 Å². The first-order valence-corrected chi connectivity index (χ1v) is 8.84. The van der Waals surface area contributed by atoms with Gasteiger partial charge in [-0.15, -0.1) is 0 Å². The molecular weight excluding hydrogens is 410 g/mol. The van der Waals surface area contributed by atoms with E-state index in [1.165, 1.54) is 31.7 Å². The zero-order chi connectivity index (χ0) is 21.3. The Morgan fingerprint density at radius 3 is 2.41 bits per heavy atom. The molecule has 0 bridgehead atoms. The van der Waals surface area contributed by atoms with E-state index in [1.807, 2.05) is 0 Å². The van der Waals surface area contributed by atoms with Crippen molar-refractivity contribution in [3.8, 4) is 0 Å². The van der Waals surface area contributed by atoms with Crippen LogP contribution in [-0.4, -0.2) is 62.3 Å². The molecule has 156 valence electrons. The summed E-state index contributed by atoms with van der Waals surface area (Å²) in [6, 6.07) is 0. The summed E-state index contributed by atoms with van der Waals surface area (Å²) in [5.74, 6) is -1.91. The zero-order valence-electron chi connectivity index (χ0n) is 15.7. The number of aromatic nitrogens is 4. The SMILES string of the molecule is CC(=O)OC[C@@H]1O[C@H](n2cnc3c(Cl)nc(N)nc32)[C@H](OC(C)=O)[C@H]1OC(C)=O. The molecule has 1 aliphatic rings. The average Bonchev–Trinajstić information content (AvgIpc) is 3.15. The summed E-state index contributed by atoms with van der Waals surface area (Å²) in [5.41, 5.74) is 6.14. The number of rotatable bonds is 5. The van der Waals surface area contributed by atoms with Gasteiger partial charge in [-0.3, -0.25) is 19.0 Å². The Labute approximate surface area is 169 Å². The minimum atomic E-state index is -1.08. The number of nitrogen functional groups attached to an aromatic ring is 1. The van der Waals surface area contributed by atoms with Crippen molar-refractivity contribution >= 4 is 46.6 Å². The third-order valence-corrected chi connectivity index (χ3v) is 4.27. The van der Waals surface area contributed by atoms with E-state index in [2.05, 4.69) is 15.0 Å². The largest absolute Gasteiger partial charge is 0.463 e. The van der Waals surface area contributed by atoms with Crippen LogP contribution in [0.1, 0.15) is 27.0 Å². The molecule has 13 heteroatoms.